The molecule has 1 aromatic rings. The Labute approximate surface area is 84.2 Å². The van der Waals surface area contributed by atoms with Crippen LogP contribution in [-0.4, -0.2) is 8.42 Å². The normalized spacial score (nSPS) is 12.8. The largest absolute Gasteiger partial charge is 0.402 e. The van der Waals surface area contributed by atoms with Gasteiger partial charge in [0.2, 0.25) is 0 Å². The summed E-state index contributed by atoms with van der Waals surface area (Å²) >= 11 is 0. The summed E-state index contributed by atoms with van der Waals surface area (Å²) in [4.78, 5) is 0. The van der Waals surface area contributed by atoms with E-state index in [1.165, 1.54) is 0 Å². The summed E-state index contributed by atoms with van der Waals surface area (Å²) in [6.07, 6.45) is 0. The van der Waals surface area contributed by atoms with Gasteiger partial charge in [-0.2, -0.15) is 0 Å². The second-order valence-electron chi connectivity index (χ2n) is 3.15. The molecule has 4 heteroatoms. The number of hydrogen-bond donors (Lipinski definition) is 1. The molecule has 0 aromatic heterocycles. The third kappa shape index (κ3) is 3.62. The van der Waals surface area contributed by atoms with Gasteiger partial charge < -0.3 is 5.73 Å². The summed E-state index contributed by atoms with van der Waals surface area (Å²) in [5.74, 6) is 0.00236. The number of allylic oxidation sites excluding steroid dienone is 1. The Hall–Kier alpha value is -1.29. The minimum absolute atomic E-state index is 0.00236. The second-order valence-corrected chi connectivity index (χ2v) is 5.00. The molecule has 3 nitrogen and oxygen atoms in total. The van der Waals surface area contributed by atoms with Gasteiger partial charge in [-0.05, 0) is 12.5 Å². The van der Waals surface area contributed by atoms with E-state index in [1.54, 1.807) is 19.1 Å². The average molecular weight is 211 g/mol. The summed E-state index contributed by atoms with van der Waals surface area (Å²) in [6, 6.07) is 9.02. The van der Waals surface area contributed by atoms with Crippen LogP contribution >= 0.6 is 0 Å². The highest BCUT2D eigenvalue weighted by Gasteiger charge is 2.07. The fraction of sp³-hybridized carbons (Fsp3) is 0.200. The van der Waals surface area contributed by atoms with E-state index in [1.807, 2.05) is 18.2 Å². The molecule has 0 spiro atoms. The Morgan fingerprint density at radius 1 is 1.36 bits per heavy atom. The van der Waals surface area contributed by atoms with Crippen LogP contribution in [0, 0.1) is 0 Å². The predicted octanol–water partition coefficient (Wildman–Crippen LogP) is 1.42. The first-order valence-corrected chi connectivity index (χ1v) is 5.91. The average Bonchev–Trinajstić information content (AvgIpc) is 2.02. The Balaban J connectivity index is 2.85. The molecule has 0 radical (unpaired) electrons. The monoisotopic (exact) mass is 211 g/mol. The molecule has 0 fully saturated rings. The third-order valence-corrected chi connectivity index (χ3v) is 3.04. The van der Waals surface area contributed by atoms with Crippen LogP contribution in [-0.2, 0) is 15.6 Å². The maximum absolute atomic E-state index is 11.5. The van der Waals surface area contributed by atoms with Gasteiger partial charge in [-0.1, -0.05) is 30.3 Å². The zero-order valence-electron chi connectivity index (χ0n) is 7.97. The molecule has 0 aliphatic carbocycles. The van der Waals surface area contributed by atoms with Gasteiger partial charge in [0.15, 0.2) is 9.84 Å². The van der Waals surface area contributed by atoms with Crippen molar-refractivity contribution in [3.63, 3.8) is 0 Å². The van der Waals surface area contributed by atoms with Crippen LogP contribution in [0.4, 0.5) is 0 Å². The van der Waals surface area contributed by atoms with Crippen molar-refractivity contribution in [2.24, 2.45) is 5.73 Å². The lowest BCUT2D eigenvalue weighted by Gasteiger charge is -1.99. The molecule has 14 heavy (non-hydrogen) atoms. The minimum Gasteiger partial charge on any atom is -0.402 e. The standard InChI is InChI=1S/C10H13NO2S/c1-9(11)7-14(12,13)8-10-5-3-2-4-6-10/h2-7H,8,11H2,1H3/b9-7+. The number of nitrogens with two attached hydrogens (primary N) is 1. The molecule has 2 N–H and O–H groups in total. The number of sulfone groups is 1. The van der Waals surface area contributed by atoms with E-state index < -0.39 is 9.84 Å². The molecule has 0 heterocycles. The summed E-state index contributed by atoms with van der Waals surface area (Å²) in [5, 5.41) is 1.10. The maximum atomic E-state index is 11.5. The summed E-state index contributed by atoms with van der Waals surface area (Å²) in [5.41, 5.74) is 6.39. The van der Waals surface area contributed by atoms with E-state index in [0.717, 1.165) is 11.0 Å². The minimum atomic E-state index is -3.22. The highest BCUT2D eigenvalue weighted by atomic mass is 32.2. The van der Waals surface area contributed by atoms with Gasteiger partial charge in [-0.25, -0.2) is 8.42 Å². The molecular formula is C10H13NO2S. The van der Waals surface area contributed by atoms with Crippen LogP contribution in [0.3, 0.4) is 0 Å². The van der Waals surface area contributed by atoms with Crippen molar-refractivity contribution in [1.29, 1.82) is 0 Å². The zero-order chi connectivity index (χ0) is 10.6. The van der Waals surface area contributed by atoms with E-state index in [9.17, 15) is 8.42 Å². The smallest absolute Gasteiger partial charge is 0.177 e. The van der Waals surface area contributed by atoms with E-state index in [0.29, 0.717) is 5.70 Å². The molecule has 0 atom stereocenters. The molecule has 0 saturated carbocycles. The molecule has 76 valence electrons. The molecule has 1 rings (SSSR count). The van der Waals surface area contributed by atoms with Gasteiger partial charge in [-0.15, -0.1) is 0 Å². The van der Waals surface area contributed by atoms with Crippen LogP contribution in [0.15, 0.2) is 41.4 Å². The second kappa shape index (κ2) is 4.28. The predicted molar refractivity (Wildman–Crippen MR) is 57.0 cm³/mol. The van der Waals surface area contributed by atoms with Crippen molar-refractivity contribution in [2.75, 3.05) is 0 Å². The van der Waals surface area contributed by atoms with Crippen LogP contribution in [0.5, 0.6) is 0 Å². The Morgan fingerprint density at radius 2 is 1.93 bits per heavy atom. The van der Waals surface area contributed by atoms with Crippen molar-refractivity contribution < 1.29 is 8.42 Å². The molecule has 0 amide bonds. The van der Waals surface area contributed by atoms with Gasteiger partial charge >= 0.3 is 0 Å². The fourth-order valence-electron chi connectivity index (χ4n) is 1.13. The summed E-state index contributed by atoms with van der Waals surface area (Å²) in [6.45, 7) is 1.56. The molecule has 0 unspecified atom stereocenters. The maximum Gasteiger partial charge on any atom is 0.177 e. The Morgan fingerprint density at radius 3 is 2.43 bits per heavy atom. The Bertz CT molecular complexity index is 417. The number of benzene rings is 1. The molecule has 1 aromatic carbocycles. The van der Waals surface area contributed by atoms with Gasteiger partial charge in [0, 0.05) is 11.1 Å². The third-order valence-electron chi connectivity index (χ3n) is 1.58. The number of hydrogen-bond acceptors (Lipinski definition) is 3. The van der Waals surface area contributed by atoms with Gasteiger partial charge in [0.05, 0.1) is 5.75 Å². The SMILES string of the molecule is C/C(N)=C\S(=O)(=O)Cc1ccccc1. The van der Waals surface area contributed by atoms with E-state index in [4.69, 9.17) is 5.73 Å². The van der Waals surface area contributed by atoms with Crippen molar-refractivity contribution >= 4 is 9.84 Å². The summed E-state index contributed by atoms with van der Waals surface area (Å²) < 4.78 is 22.9. The lowest BCUT2D eigenvalue weighted by molar-refractivity contribution is 0.603. The molecule has 0 aliphatic rings. The fourth-order valence-corrected chi connectivity index (χ4v) is 2.44. The summed E-state index contributed by atoms with van der Waals surface area (Å²) in [7, 11) is -3.22. The molecule has 0 aliphatic heterocycles. The lowest BCUT2D eigenvalue weighted by Crippen LogP contribution is -2.03. The van der Waals surface area contributed by atoms with E-state index in [-0.39, 0.29) is 5.75 Å². The van der Waals surface area contributed by atoms with Gasteiger partial charge in [-0.3, -0.25) is 0 Å². The van der Waals surface area contributed by atoms with Gasteiger partial charge in [0.1, 0.15) is 0 Å². The van der Waals surface area contributed by atoms with Crippen molar-refractivity contribution in [2.45, 2.75) is 12.7 Å². The highest BCUT2D eigenvalue weighted by Crippen LogP contribution is 2.07. The molecule has 0 saturated heterocycles. The number of rotatable bonds is 3. The molecule has 0 bridgehead atoms. The lowest BCUT2D eigenvalue weighted by atomic mass is 10.2. The van der Waals surface area contributed by atoms with Crippen LogP contribution in [0.2, 0.25) is 0 Å². The Kier molecular flexibility index (Phi) is 3.30. The van der Waals surface area contributed by atoms with Crippen LogP contribution in [0.1, 0.15) is 12.5 Å². The quantitative estimate of drug-likeness (QED) is 0.822. The van der Waals surface area contributed by atoms with Gasteiger partial charge in [0.25, 0.3) is 0 Å². The van der Waals surface area contributed by atoms with Crippen molar-refractivity contribution in [1.82, 2.24) is 0 Å². The highest BCUT2D eigenvalue weighted by molar-refractivity contribution is 7.93. The first-order valence-electron chi connectivity index (χ1n) is 4.20. The van der Waals surface area contributed by atoms with E-state index >= 15 is 0 Å². The van der Waals surface area contributed by atoms with E-state index in [2.05, 4.69) is 0 Å². The van der Waals surface area contributed by atoms with Crippen molar-refractivity contribution in [3.8, 4) is 0 Å². The van der Waals surface area contributed by atoms with Crippen LogP contribution < -0.4 is 5.73 Å². The first kappa shape index (κ1) is 10.8. The van der Waals surface area contributed by atoms with Crippen LogP contribution in [0.25, 0.3) is 0 Å². The zero-order valence-corrected chi connectivity index (χ0v) is 8.79. The van der Waals surface area contributed by atoms with Crippen molar-refractivity contribution in [3.05, 3.63) is 47.0 Å². The first-order chi connectivity index (χ1) is 6.49. The molecular weight excluding hydrogens is 198 g/mol. The topological polar surface area (TPSA) is 60.2 Å².